The number of carbonyl (C=O) groups excluding carboxylic acids is 2. The first-order valence-electron chi connectivity index (χ1n) is 8.66. The monoisotopic (exact) mass is 375 g/mol. The van der Waals surface area contributed by atoms with Gasteiger partial charge in [0, 0.05) is 61.5 Å². The van der Waals surface area contributed by atoms with Gasteiger partial charge in [-0.25, -0.2) is 4.98 Å². The Balaban J connectivity index is 1.91. The van der Waals surface area contributed by atoms with Gasteiger partial charge in [-0.05, 0) is 47.7 Å². The van der Waals surface area contributed by atoms with Crippen molar-refractivity contribution in [2.45, 2.75) is 6.92 Å². The van der Waals surface area contributed by atoms with E-state index in [0.29, 0.717) is 11.5 Å². The number of fused-ring (bicyclic) bond motifs is 1. The highest BCUT2D eigenvalue weighted by molar-refractivity contribution is 6.04. The zero-order chi connectivity index (χ0) is 20.3. The van der Waals surface area contributed by atoms with Crippen LogP contribution in [0, 0.1) is 6.92 Å². The Labute approximate surface area is 162 Å². The van der Waals surface area contributed by atoms with Gasteiger partial charge in [0.25, 0.3) is 0 Å². The Hall–Kier alpha value is -3.74. The number of nitrogens with one attached hydrogen (secondary N) is 1. The second-order valence-corrected chi connectivity index (χ2v) is 6.60. The molecule has 0 aliphatic carbocycles. The van der Waals surface area contributed by atoms with Gasteiger partial charge in [0.1, 0.15) is 5.82 Å². The van der Waals surface area contributed by atoms with Crippen molar-refractivity contribution < 1.29 is 9.59 Å². The summed E-state index contributed by atoms with van der Waals surface area (Å²) in [6.07, 6.45) is 7.55. The molecular formula is C21H21N5O2. The number of nitrogen functional groups attached to an aromatic ring is 1. The number of benzene rings is 1. The van der Waals surface area contributed by atoms with E-state index in [0.717, 1.165) is 27.5 Å². The highest BCUT2D eigenvalue weighted by Gasteiger charge is 2.09. The van der Waals surface area contributed by atoms with E-state index in [9.17, 15) is 9.59 Å². The van der Waals surface area contributed by atoms with Crippen molar-refractivity contribution in [3.63, 3.8) is 0 Å². The summed E-state index contributed by atoms with van der Waals surface area (Å²) in [7, 11) is 3.23. The van der Waals surface area contributed by atoms with E-state index in [1.165, 1.54) is 17.1 Å². The van der Waals surface area contributed by atoms with Gasteiger partial charge in [-0.2, -0.15) is 0 Å². The molecule has 1 aromatic carbocycles. The van der Waals surface area contributed by atoms with E-state index < -0.39 is 5.91 Å². The minimum atomic E-state index is -0.436. The van der Waals surface area contributed by atoms with Gasteiger partial charge >= 0.3 is 0 Å². The first kappa shape index (κ1) is 19.0. The molecule has 3 rings (SSSR count). The molecular weight excluding hydrogens is 354 g/mol. The standard InChI is InChI=1S/C21H21N5O2/c1-13-6-7-23-11-16(13)14-8-15-10-19(24-12-17(15)18(22)9-14)25-20(27)4-5-21(28)26(2)3/h4-12H,22H2,1-3H3,(H,24,25,27)/b5-4-. The normalized spacial score (nSPS) is 11.0. The van der Waals surface area contributed by atoms with Gasteiger partial charge in [-0.15, -0.1) is 0 Å². The lowest BCUT2D eigenvalue weighted by molar-refractivity contribution is -0.124. The van der Waals surface area contributed by atoms with E-state index in [4.69, 9.17) is 5.73 Å². The maximum atomic E-state index is 12.0. The number of nitrogens with zero attached hydrogens (tertiary/aromatic N) is 3. The number of pyridine rings is 2. The first-order valence-corrected chi connectivity index (χ1v) is 8.66. The molecule has 0 aliphatic heterocycles. The SMILES string of the molecule is Cc1ccncc1-c1cc(N)c2cnc(NC(=O)/C=C\C(=O)N(C)C)cc2c1. The van der Waals surface area contributed by atoms with Crippen molar-refractivity contribution in [2.24, 2.45) is 0 Å². The third-order valence-corrected chi connectivity index (χ3v) is 4.29. The van der Waals surface area contributed by atoms with Crippen LogP contribution in [0.25, 0.3) is 21.9 Å². The summed E-state index contributed by atoms with van der Waals surface area (Å²) in [6.45, 7) is 2.01. The van der Waals surface area contributed by atoms with Gasteiger partial charge in [0.15, 0.2) is 0 Å². The maximum absolute atomic E-state index is 12.0. The maximum Gasteiger partial charge on any atom is 0.249 e. The van der Waals surface area contributed by atoms with Crippen molar-refractivity contribution in [3.05, 3.63) is 60.6 Å². The smallest absolute Gasteiger partial charge is 0.249 e. The predicted molar refractivity (Wildman–Crippen MR) is 111 cm³/mol. The molecule has 3 aromatic rings. The topological polar surface area (TPSA) is 101 Å². The quantitative estimate of drug-likeness (QED) is 0.539. The molecule has 28 heavy (non-hydrogen) atoms. The molecule has 2 aromatic heterocycles. The molecule has 7 heteroatoms. The van der Waals surface area contributed by atoms with Crippen molar-refractivity contribution in [2.75, 3.05) is 25.1 Å². The molecule has 0 unspecified atom stereocenters. The van der Waals surface area contributed by atoms with Crippen LogP contribution in [0.3, 0.4) is 0 Å². The summed E-state index contributed by atoms with van der Waals surface area (Å²) in [4.78, 5) is 33.4. The van der Waals surface area contributed by atoms with E-state index in [1.807, 2.05) is 25.1 Å². The van der Waals surface area contributed by atoms with Gasteiger partial charge in [0.05, 0.1) is 0 Å². The lowest BCUT2D eigenvalue weighted by atomic mass is 9.99. The molecule has 0 atom stereocenters. The summed E-state index contributed by atoms with van der Waals surface area (Å²) in [6, 6.07) is 7.57. The van der Waals surface area contributed by atoms with Gasteiger partial charge in [-0.3, -0.25) is 14.6 Å². The third-order valence-electron chi connectivity index (χ3n) is 4.29. The number of rotatable bonds is 4. The molecule has 3 N–H and O–H groups in total. The average Bonchev–Trinajstić information content (AvgIpc) is 2.66. The van der Waals surface area contributed by atoms with Crippen molar-refractivity contribution in [1.82, 2.24) is 14.9 Å². The van der Waals surface area contributed by atoms with Crippen LogP contribution in [-0.2, 0) is 9.59 Å². The molecule has 0 saturated carbocycles. The molecule has 7 nitrogen and oxygen atoms in total. The van der Waals surface area contributed by atoms with E-state index in [1.54, 1.807) is 38.8 Å². The van der Waals surface area contributed by atoms with Gasteiger partial charge in [0.2, 0.25) is 11.8 Å². The highest BCUT2D eigenvalue weighted by atomic mass is 16.2. The fourth-order valence-electron chi connectivity index (χ4n) is 2.74. The minimum Gasteiger partial charge on any atom is -0.398 e. The van der Waals surface area contributed by atoms with Crippen LogP contribution < -0.4 is 11.1 Å². The Bertz CT molecular complexity index is 1090. The second-order valence-electron chi connectivity index (χ2n) is 6.60. The molecule has 0 saturated heterocycles. The van der Waals surface area contributed by atoms with Crippen molar-refractivity contribution in [3.8, 4) is 11.1 Å². The number of carbonyl (C=O) groups is 2. The fraction of sp³-hybridized carbons (Fsp3) is 0.143. The van der Waals surface area contributed by atoms with Crippen LogP contribution in [0.4, 0.5) is 11.5 Å². The minimum absolute atomic E-state index is 0.272. The number of anilines is 2. The number of amides is 2. The Morgan fingerprint density at radius 1 is 1.14 bits per heavy atom. The summed E-state index contributed by atoms with van der Waals surface area (Å²) >= 11 is 0. The summed E-state index contributed by atoms with van der Waals surface area (Å²) in [5.41, 5.74) is 9.82. The number of hydrogen-bond acceptors (Lipinski definition) is 5. The zero-order valence-electron chi connectivity index (χ0n) is 15.9. The Kier molecular flexibility index (Phi) is 5.35. The van der Waals surface area contributed by atoms with E-state index >= 15 is 0 Å². The lowest BCUT2D eigenvalue weighted by Gasteiger charge is -2.10. The van der Waals surface area contributed by atoms with Crippen LogP contribution in [0.15, 0.2) is 55.0 Å². The third kappa shape index (κ3) is 4.15. The van der Waals surface area contributed by atoms with Crippen LogP contribution >= 0.6 is 0 Å². The Morgan fingerprint density at radius 2 is 1.93 bits per heavy atom. The molecule has 142 valence electrons. The van der Waals surface area contributed by atoms with Crippen LogP contribution in [-0.4, -0.2) is 40.8 Å². The largest absolute Gasteiger partial charge is 0.398 e. The molecule has 0 bridgehead atoms. The predicted octanol–water partition coefficient (Wildman–Crippen LogP) is 2.77. The number of nitrogens with two attached hydrogens (primary N) is 1. The molecule has 0 radical (unpaired) electrons. The molecule has 2 amide bonds. The van der Waals surface area contributed by atoms with E-state index in [2.05, 4.69) is 15.3 Å². The number of hydrogen-bond donors (Lipinski definition) is 2. The van der Waals surface area contributed by atoms with Crippen molar-refractivity contribution >= 4 is 34.1 Å². The van der Waals surface area contributed by atoms with Crippen LogP contribution in [0.2, 0.25) is 0 Å². The van der Waals surface area contributed by atoms with E-state index in [-0.39, 0.29) is 5.91 Å². The number of likely N-dealkylation sites (N-methyl/N-ethyl adjacent to an activating group) is 1. The zero-order valence-corrected chi connectivity index (χ0v) is 15.9. The summed E-state index contributed by atoms with van der Waals surface area (Å²) < 4.78 is 0. The van der Waals surface area contributed by atoms with Crippen LogP contribution in [0.1, 0.15) is 5.56 Å². The van der Waals surface area contributed by atoms with Crippen LogP contribution in [0.5, 0.6) is 0 Å². The van der Waals surface area contributed by atoms with Gasteiger partial charge in [-0.1, -0.05) is 0 Å². The average molecular weight is 375 g/mol. The number of aryl methyl sites for hydroxylation is 1. The second kappa shape index (κ2) is 7.87. The summed E-state index contributed by atoms with van der Waals surface area (Å²) in [5, 5.41) is 4.30. The molecule has 0 spiro atoms. The molecule has 0 aliphatic rings. The van der Waals surface area contributed by atoms with Crippen molar-refractivity contribution in [1.29, 1.82) is 0 Å². The highest BCUT2D eigenvalue weighted by Crippen LogP contribution is 2.31. The molecule has 0 fully saturated rings. The first-order chi connectivity index (χ1) is 13.3. The fourth-order valence-corrected chi connectivity index (χ4v) is 2.74. The summed E-state index contributed by atoms with van der Waals surface area (Å²) in [5.74, 6) is -0.334. The number of aromatic nitrogens is 2. The lowest BCUT2D eigenvalue weighted by Crippen LogP contribution is -2.19. The molecule has 2 heterocycles. The van der Waals surface area contributed by atoms with Gasteiger partial charge < -0.3 is 16.0 Å². The Morgan fingerprint density at radius 3 is 2.64 bits per heavy atom.